The standard InChI is InChI=1S/C19H21N3O2/c1-22(2)15-8-6-14(7-9-15)17-13-18-16(5-3-10-20-18)19(21-17)24-12-4-11-23/h3,5-10,13,23H,4,11-12H2,1-2H3. The molecule has 0 aliphatic heterocycles. The van der Waals surface area contributed by atoms with Crippen molar-refractivity contribution in [1.29, 1.82) is 0 Å². The molecule has 1 aromatic carbocycles. The van der Waals surface area contributed by atoms with Gasteiger partial charge >= 0.3 is 0 Å². The van der Waals surface area contributed by atoms with Crippen LogP contribution in [0.25, 0.3) is 22.2 Å². The first-order valence-corrected chi connectivity index (χ1v) is 7.96. The summed E-state index contributed by atoms with van der Waals surface area (Å²) in [4.78, 5) is 11.1. The molecular weight excluding hydrogens is 302 g/mol. The lowest BCUT2D eigenvalue weighted by Gasteiger charge is -2.13. The maximum Gasteiger partial charge on any atom is 0.223 e. The maximum atomic E-state index is 8.94. The third-order valence-electron chi connectivity index (χ3n) is 3.79. The molecule has 124 valence electrons. The van der Waals surface area contributed by atoms with E-state index in [-0.39, 0.29) is 6.61 Å². The van der Waals surface area contributed by atoms with E-state index in [4.69, 9.17) is 9.84 Å². The van der Waals surface area contributed by atoms with Crippen LogP contribution in [0.3, 0.4) is 0 Å². The minimum Gasteiger partial charge on any atom is -0.477 e. The highest BCUT2D eigenvalue weighted by Crippen LogP contribution is 2.29. The topological polar surface area (TPSA) is 58.5 Å². The number of fused-ring (bicyclic) bond motifs is 1. The lowest BCUT2D eigenvalue weighted by atomic mass is 10.1. The minimum absolute atomic E-state index is 0.0991. The first-order chi connectivity index (χ1) is 11.7. The molecule has 0 bridgehead atoms. The predicted molar refractivity (Wildman–Crippen MR) is 96.5 cm³/mol. The van der Waals surface area contributed by atoms with E-state index in [0.29, 0.717) is 18.9 Å². The Kier molecular flexibility index (Phi) is 4.91. The molecule has 5 heteroatoms. The van der Waals surface area contributed by atoms with E-state index in [1.807, 2.05) is 44.4 Å². The van der Waals surface area contributed by atoms with Crippen molar-refractivity contribution in [3.05, 3.63) is 48.7 Å². The second kappa shape index (κ2) is 7.27. The molecule has 0 aliphatic rings. The summed E-state index contributed by atoms with van der Waals surface area (Å²) >= 11 is 0. The van der Waals surface area contributed by atoms with Crippen LogP contribution >= 0.6 is 0 Å². The molecule has 0 amide bonds. The van der Waals surface area contributed by atoms with E-state index < -0.39 is 0 Å². The number of ether oxygens (including phenoxy) is 1. The van der Waals surface area contributed by atoms with Gasteiger partial charge in [0, 0.05) is 44.6 Å². The average Bonchev–Trinajstić information content (AvgIpc) is 2.62. The Balaban J connectivity index is 2.01. The van der Waals surface area contributed by atoms with Gasteiger partial charge in [0.2, 0.25) is 5.88 Å². The zero-order chi connectivity index (χ0) is 16.9. The van der Waals surface area contributed by atoms with Crippen molar-refractivity contribution in [1.82, 2.24) is 9.97 Å². The quantitative estimate of drug-likeness (QED) is 0.706. The Morgan fingerprint density at radius 1 is 1.12 bits per heavy atom. The van der Waals surface area contributed by atoms with Gasteiger partial charge in [0.25, 0.3) is 0 Å². The maximum absolute atomic E-state index is 8.94. The number of nitrogens with zero attached hydrogens (tertiary/aromatic N) is 3. The Bertz CT molecular complexity index is 816. The smallest absolute Gasteiger partial charge is 0.223 e. The fraction of sp³-hybridized carbons (Fsp3) is 0.263. The van der Waals surface area contributed by atoms with Crippen molar-refractivity contribution in [2.45, 2.75) is 6.42 Å². The zero-order valence-electron chi connectivity index (χ0n) is 13.9. The van der Waals surface area contributed by atoms with E-state index in [0.717, 1.165) is 27.8 Å². The first-order valence-electron chi connectivity index (χ1n) is 7.96. The number of aromatic nitrogens is 2. The van der Waals surface area contributed by atoms with Gasteiger partial charge in [-0.2, -0.15) is 0 Å². The van der Waals surface area contributed by atoms with Crippen molar-refractivity contribution >= 4 is 16.6 Å². The second-order valence-corrected chi connectivity index (χ2v) is 5.75. The van der Waals surface area contributed by atoms with E-state index in [1.165, 1.54) is 0 Å². The predicted octanol–water partition coefficient (Wildman–Crippen LogP) is 3.12. The van der Waals surface area contributed by atoms with Crippen LogP contribution in [-0.4, -0.2) is 42.4 Å². The molecule has 0 radical (unpaired) electrons. The number of anilines is 1. The van der Waals surface area contributed by atoms with Crippen LogP contribution in [0.4, 0.5) is 5.69 Å². The molecule has 24 heavy (non-hydrogen) atoms. The number of rotatable bonds is 6. The Hall–Kier alpha value is -2.66. The van der Waals surface area contributed by atoms with E-state index in [1.54, 1.807) is 6.20 Å². The summed E-state index contributed by atoms with van der Waals surface area (Å²) in [7, 11) is 4.03. The normalized spacial score (nSPS) is 10.8. The van der Waals surface area contributed by atoms with Crippen LogP contribution in [0, 0.1) is 0 Å². The molecule has 0 aliphatic carbocycles. The largest absolute Gasteiger partial charge is 0.477 e. The molecule has 2 aromatic heterocycles. The lowest BCUT2D eigenvalue weighted by molar-refractivity contribution is 0.231. The number of benzene rings is 1. The first kappa shape index (κ1) is 16.2. The molecule has 0 saturated heterocycles. The Morgan fingerprint density at radius 2 is 1.92 bits per heavy atom. The van der Waals surface area contributed by atoms with Gasteiger partial charge in [-0.3, -0.25) is 4.98 Å². The molecule has 3 rings (SSSR count). The Labute approximate surface area is 141 Å². The number of aliphatic hydroxyl groups excluding tert-OH is 1. The van der Waals surface area contributed by atoms with Gasteiger partial charge in [-0.15, -0.1) is 0 Å². The van der Waals surface area contributed by atoms with Crippen molar-refractivity contribution < 1.29 is 9.84 Å². The van der Waals surface area contributed by atoms with Gasteiger partial charge < -0.3 is 14.7 Å². The summed E-state index contributed by atoms with van der Waals surface area (Å²) in [5.74, 6) is 0.556. The summed E-state index contributed by atoms with van der Waals surface area (Å²) in [5.41, 5.74) is 3.82. The molecule has 0 saturated carbocycles. The van der Waals surface area contributed by atoms with E-state index in [2.05, 4.69) is 27.0 Å². The summed E-state index contributed by atoms with van der Waals surface area (Å²) in [6.07, 6.45) is 2.34. The highest BCUT2D eigenvalue weighted by atomic mass is 16.5. The van der Waals surface area contributed by atoms with Crippen molar-refractivity contribution in [3.8, 4) is 17.1 Å². The van der Waals surface area contributed by atoms with E-state index >= 15 is 0 Å². The number of hydrogen-bond acceptors (Lipinski definition) is 5. The average molecular weight is 323 g/mol. The third kappa shape index (κ3) is 3.46. The van der Waals surface area contributed by atoms with Crippen LogP contribution < -0.4 is 9.64 Å². The van der Waals surface area contributed by atoms with Gasteiger partial charge in [0.15, 0.2) is 0 Å². The molecule has 0 fully saturated rings. The van der Waals surface area contributed by atoms with Crippen LogP contribution in [0.5, 0.6) is 5.88 Å². The van der Waals surface area contributed by atoms with Crippen molar-refractivity contribution in [2.75, 3.05) is 32.2 Å². The summed E-state index contributed by atoms with van der Waals surface area (Å²) < 4.78 is 5.76. The van der Waals surface area contributed by atoms with Crippen molar-refractivity contribution in [2.24, 2.45) is 0 Å². The molecule has 5 nitrogen and oxygen atoms in total. The van der Waals surface area contributed by atoms with E-state index in [9.17, 15) is 0 Å². The van der Waals surface area contributed by atoms with Crippen LogP contribution in [0.2, 0.25) is 0 Å². The summed E-state index contributed by atoms with van der Waals surface area (Å²) in [6, 6.07) is 14.0. The fourth-order valence-corrected chi connectivity index (χ4v) is 2.47. The number of pyridine rings is 2. The third-order valence-corrected chi connectivity index (χ3v) is 3.79. The van der Waals surface area contributed by atoms with Gasteiger partial charge in [0.1, 0.15) is 0 Å². The van der Waals surface area contributed by atoms with Crippen LogP contribution in [0.1, 0.15) is 6.42 Å². The molecule has 3 aromatic rings. The van der Waals surface area contributed by atoms with Crippen molar-refractivity contribution in [3.63, 3.8) is 0 Å². The molecule has 0 spiro atoms. The van der Waals surface area contributed by atoms with Gasteiger partial charge in [-0.25, -0.2) is 4.98 Å². The SMILES string of the molecule is CN(C)c1ccc(-c2cc3ncccc3c(OCCCO)n2)cc1. The zero-order valence-corrected chi connectivity index (χ0v) is 13.9. The van der Waals surface area contributed by atoms with Gasteiger partial charge in [-0.1, -0.05) is 12.1 Å². The Morgan fingerprint density at radius 3 is 2.62 bits per heavy atom. The molecular formula is C19H21N3O2. The number of aliphatic hydroxyl groups is 1. The fourth-order valence-electron chi connectivity index (χ4n) is 2.47. The van der Waals surface area contributed by atoms with Crippen LogP contribution in [-0.2, 0) is 0 Å². The highest BCUT2D eigenvalue weighted by Gasteiger charge is 2.10. The number of hydrogen-bond donors (Lipinski definition) is 1. The highest BCUT2D eigenvalue weighted by molar-refractivity contribution is 5.87. The van der Waals surface area contributed by atoms with Gasteiger partial charge in [0.05, 0.1) is 23.2 Å². The molecule has 0 atom stereocenters. The lowest BCUT2D eigenvalue weighted by Crippen LogP contribution is -2.08. The monoisotopic (exact) mass is 323 g/mol. The summed E-state index contributed by atoms with van der Waals surface area (Å²) in [5, 5.41) is 9.82. The molecule has 0 unspecified atom stereocenters. The van der Waals surface area contributed by atoms with Gasteiger partial charge in [-0.05, 0) is 30.3 Å². The summed E-state index contributed by atoms with van der Waals surface area (Å²) in [6.45, 7) is 0.526. The second-order valence-electron chi connectivity index (χ2n) is 5.75. The molecule has 2 heterocycles. The minimum atomic E-state index is 0.0991. The molecule has 1 N–H and O–H groups in total. The van der Waals surface area contributed by atoms with Crippen LogP contribution in [0.15, 0.2) is 48.7 Å².